The lowest BCUT2D eigenvalue weighted by atomic mass is 9.68. The van der Waals surface area contributed by atoms with Crippen molar-refractivity contribution in [2.45, 2.75) is 78.2 Å². The van der Waals surface area contributed by atoms with Crippen molar-refractivity contribution in [3.63, 3.8) is 0 Å². The van der Waals surface area contributed by atoms with Crippen molar-refractivity contribution in [2.75, 3.05) is 26.2 Å². The molecule has 0 radical (unpaired) electrons. The number of phenols is 1. The van der Waals surface area contributed by atoms with Gasteiger partial charge in [0, 0.05) is 25.6 Å². The van der Waals surface area contributed by atoms with Gasteiger partial charge < -0.3 is 20.1 Å². The van der Waals surface area contributed by atoms with E-state index in [9.17, 15) is 14.7 Å². The number of hydrogen-bond donors (Lipinski definition) is 2. The summed E-state index contributed by atoms with van der Waals surface area (Å²) >= 11 is 0. The zero-order valence-corrected chi connectivity index (χ0v) is 20.5. The number of benzene rings is 1. The van der Waals surface area contributed by atoms with Crippen LogP contribution in [0.1, 0.15) is 72.3 Å². The number of nitrogens with one attached hydrogen (secondary N) is 1. The van der Waals surface area contributed by atoms with Crippen LogP contribution in [0.5, 0.6) is 5.75 Å². The number of rotatable bonds is 11. The van der Waals surface area contributed by atoms with E-state index in [-0.39, 0.29) is 36.2 Å². The fraction of sp³-hybridized carbons (Fsp3) is 0.692. The Kier molecular flexibility index (Phi) is 10.0. The van der Waals surface area contributed by atoms with Crippen LogP contribution in [0.3, 0.4) is 0 Å². The molecule has 6 heteroatoms. The topological polar surface area (TPSA) is 78.9 Å². The fourth-order valence-electron chi connectivity index (χ4n) is 4.71. The number of carbonyl (C=O) groups is 2. The largest absolute Gasteiger partial charge is 0.508 e. The third-order valence-corrected chi connectivity index (χ3v) is 6.85. The van der Waals surface area contributed by atoms with E-state index < -0.39 is 0 Å². The van der Waals surface area contributed by atoms with E-state index in [4.69, 9.17) is 4.74 Å². The van der Waals surface area contributed by atoms with Crippen LogP contribution in [-0.2, 0) is 19.7 Å². The summed E-state index contributed by atoms with van der Waals surface area (Å²) in [4.78, 5) is 26.4. The van der Waals surface area contributed by atoms with Crippen molar-refractivity contribution in [3.8, 4) is 5.75 Å². The van der Waals surface area contributed by atoms with Crippen molar-refractivity contribution in [3.05, 3.63) is 29.8 Å². The smallest absolute Gasteiger partial charge is 0.306 e. The molecule has 0 saturated carbocycles. The lowest BCUT2D eigenvalue weighted by Gasteiger charge is -2.45. The quantitative estimate of drug-likeness (QED) is 0.497. The van der Waals surface area contributed by atoms with Crippen molar-refractivity contribution in [1.29, 1.82) is 0 Å². The fourth-order valence-corrected chi connectivity index (χ4v) is 4.71. The minimum Gasteiger partial charge on any atom is -0.508 e. The number of likely N-dealkylation sites (tertiary alicyclic amines) is 1. The molecule has 6 nitrogen and oxygen atoms in total. The normalized spacial score (nSPS) is 22.5. The number of esters is 1. The monoisotopic (exact) mass is 446 g/mol. The molecular weight excluding hydrogens is 404 g/mol. The number of nitrogens with zero attached hydrogens (tertiary/aromatic N) is 1. The van der Waals surface area contributed by atoms with E-state index in [1.54, 1.807) is 13.0 Å². The van der Waals surface area contributed by atoms with Gasteiger partial charge >= 0.3 is 5.97 Å². The van der Waals surface area contributed by atoms with Crippen LogP contribution in [0, 0.1) is 11.8 Å². The summed E-state index contributed by atoms with van der Waals surface area (Å²) in [5.74, 6) is 0.876. The van der Waals surface area contributed by atoms with Crippen molar-refractivity contribution >= 4 is 11.9 Å². The first-order valence-electron chi connectivity index (χ1n) is 12.1. The molecule has 1 aliphatic rings. The molecule has 1 aromatic carbocycles. The predicted octanol–water partition coefficient (Wildman–Crippen LogP) is 4.26. The van der Waals surface area contributed by atoms with Crippen molar-refractivity contribution < 1.29 is 19.4 Å². The molecule has 1 heterocycles. The van der Waals surface area contributed by atoms with Gasteiger partial charge in [-0.05, 0) is 67.7 Å². The SMILES string of the molecule is CCOC(=O)CCC(=O)NC(CCN1CCC(C)(c2cccc(O)c2)C(C)C1)CC(C)C. The molecule has 1 fully saturated rings. The number of amides is 1. The molecule has 1 aromatic rings. The summed E-state index contributed by atoms with van der Waals surface area (Å²) in [7, 11) is 0. The second-order valence-electron chi connectivity index (χ2n) is 9.91. The molecule has 2 N–H and O–H groups in total. The highest BCUT2D eigenvalue weighted by molar-refractivity contribution is 5.81. The zero-order chi connectivity index (χ0) is 23.7. The van der Waals surface area contributed by atoms with Crippen molar-refractivity contribution in [2.24, 2.45) is 11.8 Å². The molecule has 2 rings (SSSR count). The van der Waals surface area contributed by atoms with Crippen LogP contribution in [0.4, 0.5) is 0 Å². The molecule has 3 atom stereocenters. The van der Waals surface area contributed by atoms with Gasteiger partial charge in [-0.15, -0.1) is 0 Å². The third kappa shape index (κ3) is 7.80. The van der Waals surface area contributed by atoms with Crippen LogP contribution < -0.4 is 5.32 Å². The lowest BCUT2D eigenvalue weighted by Crippen LogP contribution is -2.48. The maximum Gasteiger partial charge on any atom is 0.306 e. The summed E-state index contributed by atoms with van der Waals surface area (Å²) in [6.45, 7) is 14.0. The standard InChI is InChI=1S/C26H42N2O4/c1-6-32-25(31)11-10-24(30)27-22(16-19(2)3)12-14-28-15-13-26(5,20(4)18-28)21-8-7-9-23(29)17-21/h7-9,17,19-20,22,29H,6,10-16,18H2,1-5H3,(H,27,30). The number of carbonyl (C=O) groups excluding carboxylic acids is 2. The van der Waals surface area contributed by atoms with Gasteiger partial charge in [-0.25, -0.2) is 0 Å². The van der Waals surface area contributed by atoms with E-state index in [1.807, 2.05) is 12.1 Å². The molecule has 0 bridgehead atoms. The highest BCUT2D eigenvalue weighted by atomic mass is 16.5. The number of hydrogen-bond acceptors (Lipinski definition) is 5. The Balaban J connectivity index is 1.87. The minimum atomic E-state index is -0.319. The van der Waals surface area contributed by atoms with Gasteiger partial charge in [0.2, 0.25) is 5.91 Å². The van der Waals surface area contributed by atoms with Crippen LogP contribution in [0.15, 0.2) is 24.3 Å². The Morgan fingerprint density at radius 2 is 2.06 bits per heavy atom. The second-order valence-corrected chi connectivity index (χ2v) is 9.91. The third-order valence-electron chi connectivity index (χ3n) is 6.85. The lowest BCUT2D eigenvalue weighted by molar-refractivity contribution is -0.144. The summed E-state index contributed by atoms with van der Waals surface area (Å²) in [5, 5.41) is 13.1. The molecule has 1 saturated heterocycles. The second kappa shape index (κ2) is 12.2. The molecule has 0 spiro atoms. The summed E-state index contributed by atoms with van der Waals surface area (Å²) in [6.07, 6.45) is 3.18. The maximum atomic E-state index is 12.4. The molecule has 1 amide bonds. The maximum absolute atomic E-state index is 12.4. The molecular formula is C26H42N2O4. The number of phenolic OH excluding ortho intramolecular Hbond substituents is 1. The number of ether oxygens (including phenoxy) is 1. The Hall–Kier alpha value is -2.08. The van der Waals surface area contributed by atoms with Gasteiger partial charge in [0.25, 0.3) is 0 Å². The van der Waals surface area contributed by atoms with E-state index in [0.717, 1.165) is 38.9 Å². The minimum absolute atomic E-state index is 0.0495. The Morgan fingerprint density at radius 3 is 2.69 bits per heavy atom. The van der Waals surface area contributed by atoms with Gasteiger partial charge in [0.1, 0.15) is 5.75 Å². The first-order valence-corrected chi connectivity index (χ1v) is 12.1. The Bertz CT molecular complexity index is 751. The number of piperidine rings is 1. The predicted molar refractivity (Wildman–Crippen MR) is 128 cm³/mol. The first-order chi connectivity index (χ1) is 15.1. The summed E-state index contributed by atoms with van der Waals surface area (Å²) in [6, 6.07) is 7.78. The molecule has 0 aliphatic carbocycles. The zero-order valence-electron chi connectivity index (χ0n) is 20.5. The van der Waals surface area contributed by atoms with E-state index in [1.165, 1.54) is 5.56 Å². The van der Waals surface area contributed by atoms with E-state index >= 15 is 0 Å². The van der Waals surface area contributed by atoms with Crippen molar-refractivity contribution in [1.82, 2.24) is 10.2 Å². The number of aromatic hydroxyl groups is 1. The van der Waals surface area contributed by atoms with Gasteiger partial charge in [-0.1, -0.05) is 39.8 Å². The Labute approximate surface area is 193 Å². The van der Waals surface area contributed by atoms with Crippen LogP contribution in [0.25, 0.3) is 0 Å². The molecule has 180 valence electrons. The van der Waals surface area contributed by atoms with E-state index in [2.05, 4.69) is 44.0 Å². The van der Waals surface area contributed by atoms with Crippen LogP contribution >= 0.6 is 0 Å². The molecule has 32 heavy (non-hydrogen) atoms. The van der Waals surface area contributed by atoms with Gasteiger partial charge in [0.05, 0.1) is 13.0 Å². The average molecular weight is 447 g/mol. The van der Waals surface area contributed by atoms with Gasteiger partial charge in [0.15, 0.2) is 0 Å². The molecule has 3 unspecified atom stereocenters. The summed E-state index contributed by atoms with van der Waals surface area (Å²) in [5.41, 5.74) is 1.25. The first kappa shape index (κ1) is 26.2. The van der Waals surface area contributed by atoms with Crippen LogP contribution in [-0.4, -0.2) is 54.2 Å². The summed E-state index contributed by atoms with van der Waals surface area (Å²) < 4.78 is 4.91. The highest BCUT2D eigenvalue weighted by Gasteiger charge is 2.38. The highest BCUT2D eigenvalue weighted by Crippen LogP contribution is 2.40. The molecule has 0 aromatic heterocycles. The average Bonchev–Trinajstić information content (AvgIpc) is 2.73. The molecule has 1 aliphatic heterocycles. The van der Waals surface area contributed by atoms with E-state index in [0.29, 0.717) is 24.2 Å². The Morgan fingerprint density at radius 1 is 1.31 bits per heavy atom. The van der Waals surface area contributed by atoms with Crippen LogP contribution in [0.2, 0.25) is 0 Å². The van der Waals surface area contributed by atoms with Gasteiger partial charge in [-0.3, -0.25) is 9.59 Å². The van der Waals surface area contributed by atoms with Gasteiger partial charge in [-0.2, -0.15) is 0 Å².